The Morgan fingerprint density at radius 3 is 2.39 bits per heavy atom. The van der Waals surface area contributed by atoms with Crippen molar-refractivity contribution in [3.8, 4) is 5.75 Å². The van der Waals surface area contributed by atoms with Crippen molar-refractivity contribution in [2.24, 2.45) is 0 Å². The largest absolute Gasteiger partial charge is 0.496 e. The van der Waals surface area contributed by atoms with Crippen molar-refractivity contribution < 1.29 is 9.84 Å². The first-order chi connectivity index (χ1) is 8.65. The Hall–Kier alpha value is -1.51. The van der Waals surface area contributed by atoms with Crippen LogP contribution in [0.2, 0.25) is 5.02 Å². The molecule has 0 amide bonds. The van der Waals surface area contributed by atoms with Gasteiger partial charge < -0.3 is 9.84 Å². The molecular formula is C15H15ClO2. The van der Waals surface area contributed by atoms with Crippen LogP contribution in [0.5, 0.6) is 5.75 Å². The molecule has 0 aliphatic carbocycles. The molecule has 0 fully saturated rings. The Kier molecular flexibility index (Phi) is 3.90. The van der Waals surface area contributed by atoms with Crippen LogP contribution in [0.3, 0.4) is 0 Å². The molecule has 0 aliphatic rings. The number of hydrogen-bond acceptors (Lipinski definition) is 2. The average molecular weight is 263 g/mol. The normalized spacial score (nSPS) is 12.2. The van der Waals surface area contributed by atoms with Gasteiger partial charge in [0.05, 0.1) is 7.11 Å². The number of aliphatic hydroxyl groups excluding tert-OH is 1. The van der Waals surface area contributed by atoms with E-state index in [-0.39, 0.29) is 0 Å². The fourth-order valence-electron chi connectivity index (χ4n) is 1.99. The highest BCUT2D eigenvalue weighted by Gasteiger charge is 2.17. The minimum Gasteiger partial charge on any atom is -0.496 e. The summed E-state index contributed by atoms with van der Waals surface area (Å²) < 4.78 is 5.36. The molecule has 18 heavy (non-hydrogen) atoms. The zero-order valence-electron chi connectivity index (χ0n) is 10.4. The Labute approximate surface area is 112 Å². The van der Waals surface area contributed by atoms with Crippen molar-refractivity contribution in [1.82, 2.24) is 0 Å². The molecule has 2 rings (SSSR count). The number of ether oxygens (including phenoxy) is 1. The number of methoxy groups -OCH3 is 1. The highest BCUT2D eigenvalue weighted by Crippen LogP contribution is 2.35. The number of halogens is 1. The monoisotopic (exact) mass is 262 g/mol. The second-order valence-corrected chi connectivity index (χ2v) is 4.52. The summed E-state index contributed by atoms with van der Waals surface area (Å²) in [6, 6.07) is 13.1. The quantitative estimate of drug-likeness (QED) is 0.913. The zero-order valence-corrected chi connectivity index (χ0v) is 11.1. The zero-order chi connectivity index (χ0) is 13.1. The molecule has 0 heterocycles. The minimum atomic E-state index is -0.711. The van der Waals surface area contributed by atoms with E-state index in [1.807, 2.05) is 37.3 Å². The smallest absolute Gasteiger partial charge is 0.129 e. The van der Waals surface area contributed by atoms with Gasteiger partial charge in [-0.3, -0.25) is 0 Å². The molecule has 0 saturated heterocycles. The van der Waals surface area contributed by atoms with Crippen LogP contribution in [0.25, 0.3) is 0 Å². The van der Waals surface area contributed by atoms with Gasteiger partial charge >= 0.3 is 0 Å². The fourth-order valence-corrected chi connectivity index (χ4v) is 2.14. The lowest BCUT2D eigenvalue weighted by atomic mass is 9.98. The summed E-state index contributed by atoms with van der Waals surface area (Å²) in [5.41, 5.74) is 2.40. The third-order valence-electron chi connectivity index (χ3n) is 2.98. The molecule has 0 aromatic heterocycles. The maximum absolute atomic E-state index is 10.4. The van der Waals surface area contributed by atoms with Gasteiger partial charge in [0.1, 0.15) is 11.9 Å². The minimum absolute atomic E-state index is 0.635. The van der Waals surface area contributed by atoms with Crippen LogP contribution in [-0.4, -0.2) is 12.2 Å². The third kappa shape index (κ3) is 2.35. The molecule has 2 aromatic carbocycles. The van der Waals surface area contributed by atoms with Gasteiger partial charge in [0.25, 0.3) is 0 Å². The fraction of sp³-hybridized carbons (Fsp3) is 0.200. The van der Waals surface area contributed by atoms with Crippen LogP contribution in [0.15, 0.2) is 42.5 Å². The molecule has 94 valence electrons. The Morgan fingerprint density at radius 2 is 1.78 bits per heavy atom. The summed E-state index contributed by atoms with van der Waals surface area (Å²) in [5, 5.41) is 11.0. The number of aliphatic hydroxyl groups is 1. The standard InChI is InChI=1S/C15H15ClO2/c1-10-13(16)9-8-12(15(10)18-2)14(17)11-6-4-3-5-7-11/h3-9,14,17H,1-2H3. The van der Waals surface area contributed by atoms with Gasteiger partial charge in [0, 0.05) is 16.1 Å². The summed E-state index contributed by atoms with van der Waals surface area (Å²) in [6.45, 7) is 1.88. The molecule has 2 aromatic rings. The van der Waals surface area contributed by atoms with Crippen molar-refractivity contribution in [1.29, 1.82) is 0 Å². The lowest BCUT2D eigenvalue weighted by molar-refractivity contribution is 0.214. The maximum atomic E-state index is 10.4. The maximum Gasteiger partial charge on any atom is 0.129 e. The second-order valence-electron chi connectivity index (χ2n) is 4.11. The average Bonchev–Trinajstić information content (AvgIpc) is 2.42. The molecule has 2 nitrogen and oxygen atoms in total. The molecule has 1 N–H and O–H groups in total. The van der Waals surface area contributed by atoms with E-state index in [0.29, 0.717) is 10.8 Å². The van der Waals surface area contributed by atoms with E-state index in [0.717, 1.165) is 16.7 Å². The molecular weight excluding hydrogens is 248 g/mol. The van der Waals surface area contributed by atoms with Crippen LogP contribution in [0.4, 0.5) is 0 Å². The topological polar surface area (TPSA) is 29.5 Å². The Morgan fingerprint density at radius 1 is 1.11 bits per heavy atom. The molecule has 0 spiro atoms. The van der Waals surface area contributed by atoms with Gasteiger partial charge in [-0.05, 0) is 18.6 Å². The van der Waals surface area contributed by atoms with Gasteiger partial charge in [-0.15, -0.1) is 0 Å². The molecule has 0 aliphatic heterocycles. The van der Waals surface area contributed by atoms with Crippen LogP contribution in [0.1, 0.15) is 22.8 Å². The Balaban J connectivity index is 2.49. The van der Waals surface area contributed by atoms with Crippen molar-refractivity contribution in [2.75, 3.05) is 7.11 Å². The van der Waals surface area contributed by atoms with Gasteiger partial charge in [0.2, 0.25) is 0 Å². The van der Waals surface area contributed by atoms with Crippen LogP contribution < -0.4 is 4.74 Å². The summed E-state index contributed by atoms with van der Waals surface area (Å²) in [7, 11) is 1.58. The van der Waals surface area contributed by atoms with E-state index in [2.05, 4.69) is 0 Å². The SMILES string of the molecule is COc1c(C(O)c2ccccc2)ccc(Cl)c1C. The van der Waals surface area contributed by atoms with Gasteiger partial charge in [-0.2, -0.15) is 0 Å². The van der Waals surface area contributed by atoms with Gasteiger partial charge in [-0.25, -0.2) is 0 Å². The van der Waals surface area contributed by atoms with E-state index >= 15 is 0 Å². The molecule has 1 atom stereocenters. The molecule has 1 unspecified atom stereocenters. The van der Waals surface area contributed by atoms with E-state index in [4.69, 9.17) is 16.3 Å². The summed E-state index contributed by atoms with van der Waals surface area (Å²) >= 11 is 6.05. The van der Waals surface area contributed by atoms with Crippen LogP contribution >= 0.6 is 11.6 Å². The number of hydrogen-bond donors (Lipinski definition) is 1. The van der Waals surface area contributed by atoms with Crippen molar-refractivity contribution in [3.63, 3.8) is 0 Å². The van der Waals surface area contributed by atoms with E-state index in [1.165, 1.54) is 0 Å². The first kappa shape index (κ1) is 12.9. The Bertz CT molecular complexity index is 538. The summed E-state index contributed by atoms with van der Waals surface area (Å²) in [6.07, 6.45) is -0.711. The van der Waals surface area contributed by atoms with Gasteiger partial charge in [-0.1, -0.05) is 48.0 Å². The third-order valence-corrected chi connectivity index (χ3v) is 3.39. The van der Waals surface area contributed by atoms with Crippen molar-refractivity contribution >= 4 is 11.6 Å². The highest BCUT2D eigenvalue weighted by molar-refractivity contribution is 6.31. The number of benzene rings is 2. The van der Waals surface area contributed by atoms with Crippen molar-refractivity contribution in [3.05, 3.63) is 64.2 Å². The predicted octanol–water partition coefficient (Wildman–Crippen LogP) is 3.74. The predicted molar refractivity (Wildman–Crippen MR) is 73.2 cm³/mol. The van der Waals surface area contributed by atoms with E-state index < -0.39 is 6.10 Å². The molecule has 0 radical (unpaired) electrons. The van der Waals surface area contributed by atoms with Crippen molar-refractivity contribution in [2.45, 2.75) is 13.0 Å². The number of rotatable bonds is 3. The lowest BCUT2D eigenvalue weighted by Gasteiger charge is -2.17. The highest BCUT2D eigenvalue weighted by atomic mass is 35.5. The molecule has 0 bridgehead atoms. The summed E-state index contributed by atoms with van der Waals surface area (Å²) in [4.78, 5) is 0. The first-order valence-corrected chi connectivity index (χ1v) is 6.09. The van der Waals surface area contributed by atoms with Crippen LogP contribution in [0, 0.1) is 6.92 Å². The van der Waals surface area contributed by atoms with E-state index in [1.54, 1.807) is 19.2 Å². The van der Waals surface area contributed by atoms with Crippen LogP contribution in [-0.2, 0) is 0 Å². The first-order valence-electron chi connectivity index (χ1n) is 5.71. The lowest BCUT2D eigenvalue weighted by Crippen LogP contribution is -2.03. The molecule has 3 heteroatoms. The second kappa shape index (κ2) is 5.42. The summed E-state index contributed by atoms with van der Waals surface area (Å²) in [5.74, 6) is 0.638. The molecule has 0 saturated carbocycles. The van der Waals surface area contributed by atoms with Gasteiger partial charge in [0.15, 0.2) is 0 Å². The van der Waals surface area contributed by atoms with E-state index in [9.17, 15) is 5.11 Å².